The predicted molar refractivity (Wildman–Crippen MR) is 133 cm³/mol. The number of fused-ring (bicyclic) bond motifs is 1. The largest absolute Gasteiger partial charge is 0.351 e. The highest BCUT2D eigenvalue weighted by atomic mass is 32.1. The topological polar surface area (TPSA) is 87.5 Å². The fraction of sp³-hybridized carbons (Fsp3) is 0.667. The molecule has 2 atom stereocenters. The maximum absolute atomic E-state index is 13.2. The van der Waals surface area contributed by atoms with Crippen molar-refractivity contribution in [3.63, 3.8) is 0 Å². The van der Waals surface area contributed by atoms with Crippen LogP contribution in [-0.4, -0.2) is 70.4 Å². The van der Waals surface area contributed by atoms with Crippen molar-refractivity contribution in [2.75, 3.05) is 39.3 Å². The third kappa shape index (κ3) is 6.00. The van der Waals surface area contributed by atoms with Crippen molar-refractivity contribution in [3.8, 4) is 0 Å². The van der Waals surface area contributed by atoms with Crippen LogP contribution in [0.2, 0.25) is 0 Å². The highest BCUT2D eigenvalue weighted by molar-refractivity contribution is 7.20. The number of carbonyl (C=O) groups is 2. The molecule has 9 heteroatoms. The molecule has 1 saturated heterocycles. The molecule has 1 fully saturated rings. The van der Waals surface area contributed by atoms with E-state index in [1.807, 2.05) is 4.90 Å². The van der Waals surface area contributed by atoms with Crippen LogP contribution in [0.4, 0.5) is 0 Å². The predicted octanol–water partition coefficient (Wildman–Crippen LogP) is 2.73. The smallest absolute Gasteiger partial charge is 0.262 e. The van der Waals surface area contributed by atoms with Crippen molar-refractivity contribution >= 4 is 33.4 Å². The molecule has 0 spiro atoms. The van der Waals surface area contributed by atoms with Gasteiger partial charge in [-0.15, -0.1) is 11.3 Å². The van der Waals surface area contributed by atoms with Crippen LogP contribution in [0.25, 0.3) is 10.2 Å². The second-order valence-corrected chi connectivity index (χ2v) is 10.3. The van der Waals surface area contributed by atoms with E-state index >= 15 is 0 Å². The molecular formula is C24H37N5O3S. The van der Waals surface area contributed by atoms with E-state index in [0.717, 1.165) is 45.6 Å². The van der Waals surface area contributed by atoms with Crippen LogP contribution in [0.5, 0.6) is 0 Å². The van der Waals surface area contributed by atoms with Gasteiger partial charge < -0.3 is 15.1 Å². The number of thiophene rings is 1. The summed E-state index contributed by atoms with van der Waals surface area (Å²) in [5, 5.41) is 3.40. The van der Waals surface area contributed by atoms with E-state index in [1.165, 1.54) is 22.2 Å². The number of piperidine rings is 1. The van der Waals surface area contributed by atoms with Crippen LogP contribution in [0.1, 0.15) is 55.8 Å². The first-order chi connectivity index (χ1) is 15.7. The van der Waals surface area contributed by atoms with Crippen LogP contribution in [0, 0.1) is 18.8 Å². The molecular weight excluding hydrogens is 438 g/mol. The Kier molecular flexibility index (Phi) is 8.64. The van der Waals surface area contributed by atoms with Gasteiger partial charge in [0.25, 0.3) is 11.5 Å². The average Bonchev–Trinajstić information content (AvgIpc) is 3.12. The Labute approximate surface area is 200 Å². The van der Waals surface area contributed by atoms with Gasteiger partial charge in [0.15, 0.2) is 0 Å². The molecule has 2 aromatic heterocycles. The Morgan fingerprint density at radius 1 is 1.21 bits per heavy atom. The van der Waals surface area contributed by atoms with E-state index in [0.29, 0.717) is 39.0 Å². The van der Waals surface area contributed by atoms with Gasteiger partial charge in [0, 0.05) is 19.6 Å². The summed E-state index contributed by atoms with van der Waals surface area (Å²) < 4.78 is 1.38. The van der Waals surface area contributed by atoms with Crippen molar-refractivity contribution in [1.82, 2.24) is 24.7 Å². The molecule has 0 aromatic carbocycles. The Morgan fingerprint density at radius 2 is 1.88 bits per heavy atom. The van der Waals surface area contributed by atoms with Gasteiger partial charge in [0.1, 0.15) is 11.4 Å². The van der Waals surface area contributed by atoms with Crippen molar-refractivity contribution in [2.24, 2.45) is 11.8 Å². The minimum atomic E-state index is -0.263. The highest BCUT2D eigenvalue weighted by Crippen LogP contribution is 2.27. The van der Waals surface area contributed by atoms with E-state index in [2.05, 4.69) is 42.9 Å². The summed E-state index contributed by atoms with van der Waals surface area (Å²) in [7, 11) is 0. The van der Waals surface area contributed by atoms with Crippen LogP contribution in [0.3, 0.4) is 0 Å². The molecule has 1 N–H and O–H groups in total. The number of hydrogen-bond acceptors (Lipinski definition) is 6. The molecule has 3 heterocycles. The fourth-order valence-corrected chi connectivity index (χ4v) is 5.78. The summed E-state index contributed by atoms with van der Waals surface area (Å²) in [5.74, 6) is 0.688. The monoisotopic (exact) mass is 475 g/mol. The van der Waals surface area contributed by atoms with Crippen LogP contribution < -0.4 is 10.9 Å². The average molecular weight is 476 g/mol. The molecule has 1 aliphatic rings. The van der Waals surface area contributed by atoms with E-state index < -0.39 is 0 Å². The van der Waals surface area contributed by atoms with E-state index in [9.17, 15) is 14.4 Å². The van der Waals surface area contributed by atoms with Gasteiger partial charge in [-0.3, -0.25) is 19.0 Å². The molecule has 0 bridgehead atoms. The number of nitrogens with zero attached hydrogens (tertiary/aromatic N) is 4. The zero-order valence-corrected chi connectivity index (χ0v) is 21.3. The lowest BCUT2D eigenvalue weighted by molar-refractivity contribution is -0.134. The summed E-state index contributed by atoms with van der Waals surface area (Å²) in [6.07, 6.45) is 3.42. The molecule has 2 unspecified atom stereocenters. The van der Waals surface area contributed by atoms with Gasteiger partial charge in [0.2, 0.25) is 5.91 Å². The molecule has 8 nitrogen and oxygen atoms in total. The number of aryl methyl sites for hydroxylation is 1. The van der Waals surface area contributed by atoms with Crippen molar-refractivity contribution < 1.29 is 9.59 Å². The molecule has 182 valence electrons. The lowest BCUT2D eigenvalue weighted by Crippen LogP contribution is -2.44. The van der Waals surface area contributed by atoms with Crippen LogP contribution >= 0.6 is 11.3 Å². The van der Waals surface area contributed by atoms with Gasteiger partial charge in [-0.2, -0.15) is 0 Å². The first-order valence-corrected chi connectivity index (χ1v) is 12.8. The number of carbonyl (C=O) groups excluding carboxylic acids is 2. The summed E-state index contributed by atoms with van der Waals surface area (Å²) in [6.45, 7) is 15.3. The Bertz CT molecular complexity index is 1030. The van der Waals surface area contributed by atoms with Gasteiger partial charge in [-0.05, 0) is 56.8 Å². The highest BCUT2D eigenvalue weighted by Gasteiger charge is 2.26. The van der Waals surface area contributed by atoms with Gasteiger partial charge in [-0.25, -0.2) is 4.98 Å². The first kappa shape index (κ1) is 25.4. The number of likely N-dealkylation sites (tertiary alicyclic amines) is 1. The standard InChI is InChI=1S/C24H37N5O3S/c1-6-27(7-2)10-8-9-25-22(31)21-18(5)20-23(33-21)26-15-29(24(20)32)14-19(30)28-12-16(3)11-17(4)13-28/h15-17H,6-14H2,1-5H3,(H,25,31). The SMILES string of the molecule is CCN(CC)CCCNC(=O)c1sc2ncn(CC(=O)N3CC(C)CC(C)C3)c(=O)c2c1C. The minimum Gasteiger partial charge on any atom is -0.351 e. The maximum Gasteiger partial charge on any atom is 0.262 e. The molecule has 0 saturated carbocycles. The molecule has 2 amide bonds. The number of amides is 2. The van der Waals surface area contributed by atoms with Crippen LogP contribution in [-0.2, 0) is 11.3 Å². The lowest BCUT2D eigenvalue weighted by atomic mass is 9.92. The Hall–Kier alpha value is -2.26. The second kappa shape index (κ2) is 11.2. The van der Waals surface area contributed by atoms with E-state index in [-0.39, 0.29) is 23.9 Å². The van der Waals surface area contributed by atoms with Crippen molar-refractivity contribution in [3.05, 3.63) is 27.1 Å². The molecule has 3 rings (SSSR count). The van der Waals surface area contributed by atoms with E-state index in [1.54, 1.807) is 6.92 Å². The summed E-state index contributed by atoms with van der Waals surface area (Å²) >= 11 is 1.23. The van der Waals surface area contributed by atoms with Crippen molar-refractivity contribution in [1.29, 1.82) is 0 Å². The Morgan fingerprint density at radius 3 is 2.52 bits per heavy atom. The Balaban J connectivity index is 1.70. The number of nitrogens with one attached hydrogen (secondary N) is 1. The molecule has 33 heavy (non-hydrogen) atoms. The van der Waals surface area contributed by atoms with Gasteiger partial charge >= 0.3 is 0 Å². The normalized spacial score (nSPS) is 18.8. The van der Waals surface area contributed by atoms with E-state index in [4.69, 9.17) is 0 Å². The maximum atomic E-state index is 13.2. The zero-order valence-electron chi connectivity index (χ0n) is 20.5. The molecule has 0 radical (unpaired) electrons. The van der Waals surface area contributed by atoms with Gasteiger partial charge in [0.05, 0.1) is 16.6 Å². The number of hydrogen-bond donors (Lipinski definition) is 1. The third-order valence-electron chi connectivity index (χ3n) is 6.48. The fourth-order valence-electron chi connectivity index (χ4n) is 4.73. The summed E-state index contributed by atoms with van der Waals surface area (Å²) in [6, 6.07) is 0. The number of rotatable bonds is 9. The molecule has 2 aromatic rings. The molecule has 0 aliphatic carbocycles. The van der Waals surface area contributed by atoms with Crippen molar-refractivity contribution in [2.45, 2.75) is 54.0 Å². The minimum absolute atomic E-state index is 0.0244. The quantitative estimate of drug-likeness (QED) is 0.564. The summed E-state index contributed by atoms with van der Waals surface area (Å²) in [5.41, 5.74) is 0.372. The molecule has 1 aliphatic heterocycles. The number of aromatic nitrogens is 2. The van der Waals surface area contributed by atoms with Gasteiger partial charge in [-0.1, -0.05) is 27.7 Å². The lowest BCUT2D eigenvalue weighted by Gasteiger charge is -2.35. The zero-order chi connectivity index (χ0) is 24.1. The second-order valence-electron chi connectivity index (χ2n) is 9.30. The summed E-state index contributed by atoms with van der Waals surface area (Å²) in [4.78, 5) is 48.4. The van der Waals surface area contributed by atoms with Crippen LogP contribution in [0.15, 0.2) is 11.1 Å². The third-order valence-corrected chi connectivity index (χ3v) is 7.68. The first-order valence-electron chi connectivity index (χ1n) is 12.0.